The van der Waals surface area contributed by atoms with Crippen LogP contribution in [0, 0.1) is 0 Å². The monoisotopic (exact) mass is 345 g/mol. The molecule has 6 nitrogen and oxygen atoms in total. The average molecular weight is 346 g/mol. The van der Waals surface area contributed by atoms with Crippen LogP contribution in [-0.2, 0) is 16.1 Å². The first-order valence-corrected chi connectivity index (χ1v) is 7.53. The molecule has 1 rings (SSSR count). The maximum atomic E-state index is 10.7. The molecule has 1 aromatic carbocycles. The van der Waals surface area contributed by atoms with E-state index < -0.39 is 6.09 Å². The van der Waals surface area contributed by atoms with Gasteiger partial charge in [-0.2, -0.15) is 0 Å². The summed E-state index contributed by atoms with van der Waals surface area (Å²) in [7, 11) is 0. The van der Waals surface area contributed by atoms with Crippen molar-refractivity contribution in [2.45, 2.75) is 39.2 Å². The van der Waals surface area contributed by atoms with Crippen LogP contribution in [0.25, 0.3) is 0 Å². The van der Waals surface area contributed by atoms with E-state index >= 15 is 0 Å². The molecule has 0 fully saturated rings. The van der Waals surface area contributed by atoms with Crippen molar-refractivity contribution in [2.24, 2.45) is 11.5 Å². The molecule has 0 aromatic heterocycles. The molecule has 0 radical (unpaired) electrons. The molecule has 0 aliphatic rings. The van der Waals surface area contributed by atoms with Gasteiger partial charge in [-0.15, -0.1) is 12.4 Å². The quantitative estimate of drug-likeness (QED) is 0.628. The summed E-state index contributed by atoms with van der Waals surface area (Å²) in [4.78, 5) is 20.9. The Morgan fingerprint density at radius 2 is 1.78 bits per heavy atom. The standard InChI is InChI=1S/C8H18N2O.C8H9NO2.ClH/c1-2-8(11)10-7-5-3-4-6-9;9-8(10)11-6-7-4-2-1-3-5-7;/h2-7,9H2,1H3,(H,10,11);1-5H,6H2,(H2,9,10);1H. The second-order valence-electron chi connectivity index (χ2n) is 4.65. The number of nitrogens with two attached hydrogens (primary N) is 2. The smallest absolute Gasteiger partial charge is 0.404 e. The van der Waals surface area contributed by atoms with Gasteiger partial charge in [0.1, 0.15) is 6.61 Å². The van der Waals surface area contributed by atoms with E-state index in [0.29, 0.717) is 6.42 Å². The van der Waals surface area contributed by atoms with Crippen molar-refractivity contribution in [3.63, 3.8) is 0 Å². The lowest BCUT2D eigenvalue weighted by Gasteiger charge is -2.01. The van der Waals surface area contributed by atoms with Gasteiger partial charge in [0.15, 0.2) is 0 Å². The number of nitrogens with one attached hydrogen (secondary N) is 1. The fourth-order valence-electron chi connectivity index (χ4n) is 1.53. The van der Waals surface area contributed by atoms with Gasteiger partial charge in [-0.1, -0.05) is 43.7 Å². The van der Waals surface area contributed by atoms with Crippen LogP contribution in [0.2, 0.25) is 0 Å². The van der Waals surface area contributed by atoms with Gasteiger partial charge in [0, 0.05) is 13.0 Å². The largest absolute Gasteiger partial charge is 0.445 e. The Kier molecular flexibility index (Phi) is 16.9. The van der Waals surface area contributed by atoms with Crippen LogP contribution in [0.3, 0.4) is 0 Å². The van der Waals surface area contributed by atoms with E-state index in [1.165, 1.54) is 0 Å². The van der Waals surface area contributed by atoms with E-state index in [-0.39, 0.29) is 24.9 Å². The van der Waals surface area contributed by atoms with Gasteiger partial charge < -0.3 is 21.5 Å². The molecule has 132 valence electrons. The van der Waals surface area contributed by atoms with Gasteiger partial charge in [0.2, 0.25) is 5.91 Å². The summed E-state index contributed by atoms with van der Waals surface area (Å²) in [5.74, 6) is 0.137. The maximum Gasteiger partial charge on any atom is 0.404 e. The summed E-state index contributed by atoms with van der Waals surface area (Å²) >= 11 is 0. The first kappa shape index (κ1) is 23.5. The second kappa shape index (κ2) is 16.6. The lowest BCUT2D eigenvalue weighted by atomic mass is 10.2. The molecule has 0 bridgehead atoms. The molecule has 0 saturated carbocycles. The highest BCUT2D eigenvalue weighted by Gasteiger charge is 1.94. The van der Waals surface area contributed by atoms with Gasteiger partial charge in [-0.25, -0.2) is 4.79 Å². The molecule has 23 heavy (non-hydrogen) atoms. The number of hydrogen-bond acceptors (Lipinski definition) is 4. The first-order chi connectivity index (χ1) is 10.6. The van der Waals surface area contributed by atoms with Crippen LogP contribution in [0.15, 0.2) is 30.3 Å². The number of ether oxygens (including phenoxy) is 1. The number of benzene rings is 1. The lowest BCUT2D eigenvalue weighted by molar-refractivity contribution is -0.120. The van der Waals surface area contributed by atoms with Crippen molar-refractivity contribution in [1.29, 1.82) is 0 Å². The molecule has 5 N–H and O–H groups in total. The highest BCUT2D eigenvalue weighted by atomic mass is 35.5. The summed E-state index contributed by atoms with van der Waals surface area (Å²) in [6, 6.07) is 9.37. The van der Waals surface area contributed by atoms with Crippen molar-refractivity contribution < 1.29 is 14.3 Å². The Labute approximate surface area is 144 Å². The Hall–Kier alpha value is -1.79. The number of halogens is 1. The number of carbonyl (C=O) groups excluding carboxylic acids is 2. The number of primary amides is 1. The van der Waals surface area contributed by atoms with E-state index in [0.717, 1.165) is 37.9 Å². The van der Waals surface area contributed by atoms with Crippen LogP contribution in [0.4, 0.5) is 4.79 Å². The molecular weight excluding hydrogens is 318 g/mol. The molecule has 0 spiro atoms. The van der Waals surface area contributed by atoms with Crippen molar-refractivity contribution in [2.75, 3.05) is 13.1 Å². The fraction of sp³-hybridized carbons (Fsp3) is 0.500. The van der Waals surface area contributed by atoms with Gasteiger partial charge in [-0.05, 0) is 24.9 Å². The zero-order valence-electron chi connectivity index (χ0n) is 13.6. The zero-order chi connectivity index (χ0) is 16.6. The third kappa shape index (κ3) is 16.4. The minimum atomic E-state index is -0.742. The topological polar surface area (TPSA) is 107 Å². The predicted molar refractivity (Wildman–Crippen MR) is 94.3 cm³/mol. The van der Waals surface area contributed by atoms with Crippen molar-refractivity contribution >= 4 is 24.4 Å². The normalized spacial score (nSPS) is 8.96. The third-order valence-electron chi connectivity index (χ3n) is 2.75. The van der Waals surface area contributed by atoms with Gasteiger partial charge in [0.05, 0.1) is 0 Å². The number of rotatable bonds is 8. The summed E-state index contributed by atoms with van der Waals surface area (Å²) in [5.41, 5.74) is 11.0. The molecule has 0 unspecified atom stereocenters. The van der Waals surface area contributed by atoms with Crippen LogP contribution in [0.1, 0.15) is 38.2 Å². The van der Waals surface area contributed by atoms with E-state index in [2.05, 4.69) is 10.1 Å². The van der Waals surface area contributed by atoms with Gasteiger partial charge in [-0.3, -0.25) is 4.79 Å². The number of amides is 2. The summed E-state index contributed by atoms with van der Waals surface area (Å²) < 4.78 is 4.57. The minimum Gasteiger partial charge on any atom is -0.445 e. The summed E-state index contributed by atoms with van der Waals surface area (Å²) in [6.07, 6.45) is 3.05. The first-order valence-electron chi connectivity index (χ1n) is 7.53. The van der Waals surface area contributed by atoms with Crippen LogP contribution in [-0.4, -0.2) is 25.1 Å². The molecule has 0 aliphatic carbocycles. The predicted octanol–water partition coefficient (Wildman–Crippen LogP) is 2.35. The minimum absolute atomic E-state index is 0. The molecule has 7 heteroatoms. The SMILES string of the molecule is CCC(=O)NCCCCCN.Cl.NC(=O)OCc1ccccc1. The zero-order valence-corrected chi connectivity index (χ0v) is 14.4. The third-order valence-corrected chi connectivity index (χ3v) is 2.75. The van der Waals surface area contributed by atoms with Crippen LogP contribution >= 0.6 is 12.4 Å². The van der Waals surface area contributed by atoms with Gasteiger partial charge >= 0.3 is 6.09 Å². The molecule has 2 amide bonds. The lowest BCUT2D eigenvalue weighted by Crippen LogP contribution is -2.23. The molecule has 1 aromatic rings. The highest BCUT2D eigenvalue weighted by Crippen LogP contribution is 1.99. The number of carbonyl (C=O) groups is 2. The van der Waals surface area contributed by atoms with E-state index in [4.69, 9.17) is 11.5 Å². The maximum absolute atomic E-state index is 10.7. The second-order valence-corrected chi connectivity index (χ2v) is 4.65. The van der Waals surface area contributed by atoms with Crippen LogP contribution < -0.4 is 16.8 Å². The number of hydrogen-bond donors (Lipinski definition) is 3. The molecule has 0 saturated heterocycles. The Bertz CT molecular complexity index is 416. The molecule has 0 atom stereocenters. The summed E-state index contributed by atoms with van der Waals surface area (Å²) in [5, 5.41) is 2.81. The molecular formula is C16H28ClN3O3. The van der Waals surface area contributed by atoms with E-state index in [1.807, 2.05) is 37.3 Å². The fourth-order valence-corrected chi connectivity index (χ4v) is 1.53. The van der Waals surface area contributed by atoms with E-state index in [1.54, 1.807) is 0 Å². The Morgan fingerprint density at radius 1 is 1.13 bits per heavy atom. The Morgan fingerprint density at radius 3 is 2.30 bits per heavy atom. The van der Waals surface area contributed by atoms with Crippen molar-refractivity contribution in [3.8, 4) is 0 Å². The average Bonchev–Trinajstić information content (AvgIpc) is 2.54. The van der Waals surface area contributed by atoms with Crippen LogP contribution in [0.5, 0.6) is 0 Å². The molecule has 0 aliphatic heterocycles. The summed E-state index contributed by atoms with van der Waals surface area (Å²) in [6.45, 7) is 3.65. The molecule has 0 heterocycles. The Balaban J connectivity index is 0. The number of unbranched alkanes of at least 4 members (excludes halogenated alkanes) is 2. The van der Waals surface area contributed by atoms with Gasteiger partial charge in [0.25, 0.3) is 0 Å². The van der Waals surface area contributed by atoms with Crippen molar-refractivity contribution in [1.82, 2.24) is 5.32 Å². The highest BCUT2D eigenvalue weighted by molar-refractivity contribution is 5.85. The van der Waals surface area contributed by atoms with E-state index in [9.17, 15) is 9.59 Å². The van der Waals surface area contributed by atoms with Crippen molar-refractivity contribution in [3.05, 3.63) is 35.9 Å².